The molecule has 2 aromatic heterocycles. The van der Waals surface area contributed by atoms with Crippen molar-refractivity contribution in [3.05, 3.63) is 54.2 Å². The van der Waals surface area contributed by atoms with Gasteiger partial charge in [-0.05, 0) is 82.5 Å². The Morgan fingerprint density at radius 1 is 0.947 bits per heavy atom. The number of likely N-dealkylation sites (tertiary alicyclic amines) is 1. The van der Waals surface area contributed by atoms with Crippen LogP contribution < -0.4 is 10.2 Å². The van der Waals surface area contributed by atoms with Crippen molar-refractivity contribution in [1.82, 2.24) is 20.2 Å². The summed E-state index contributed by atoms with van der Waals surface area (Å²) in [5.74, 6) is 2.06. The number of piperidine rings is 1. The van der Waals surface area contributed by atoms with E-state index in [0.29, 0.717) is 24.8 Å². The van der Waals surface area contributed by atoms with Gasteiger partial charge in [0, 0.05) is 30.1 Å². The lowest BCUT2D eigenvalue weighted by Crippen LogP contribution is -2.39. The molecule has 0 bridgehead atoms. The van der Waals surface area contributed by atoms with Crippen LogP contribution in [0.3, 0.4) is 0 Å². The van der Waals surface area contributed by atoms with Gasteiger partial charge in [-0.15, -0.1) is 0 Å². The van der Waals surface area contributed by atoms with Crippen LogP contribution in [0, 0.1) is 5.92 Å². The fourth-order valence-corrected chi connectivity index (χ4v) is 6.40. The maximum atomic E-state index is 12.7. The van der Waals surface area contributed by atoms with Gasteiger partial charge in [-0.2, -0.15) is 0 Å². The fourth-order valence-electron chi connectivity index (χ4n) is 6.40. The first-order valence-electron chi connectivity index (χ1n) is 14.4. The Balaban J connectivity index is 0.901. The summed E-state index contributed by atoms with van der Waals surface area (Å²) in [6.45, 7) is 6.55. The van der Waals surface area contributed by atoms with Gasteiger partial charge in [0.1, 0.15) is 17.1 Å². The van der Waals surface area contributed by atoms with Crippen LogP contribution in [0.4, 0.5) is 5.82 Å². The molecule has 6 rings (SSSR count). The number of nitrogens with one attached hydrogen (secondary N) is 1. The topological polar surface area (TPSA) is 83.7 Å². The second-order valence-electron chi connectivity index (χ2n) is 11.1. The van der Waals surface area contributed by atoms with Crippen LogP contribution in [-0.2, 0) is 4.74 Å². The maximum absolute atomic E-state index is 12.7. The number of hydrogen-bond donors (Lipinski definition) is 1. The summed E-state index contributed by atoms with van der Waals surface area (Å²) in [7, 11) is 0. The van der Waals surface area contributed by atoms with E-state index < -0.39 is 0 Å². The molecule has 3 aliphatic rings. The lowest BCUT2D eigenvalue weighted by Gasteiger charge is -2.34. The van der Waals surface area contributed by atoms with Crippen molar-refractivity contribution in [2.45, 2.75) is 56.9 Å². The molecule has 1 saturated carbocycles. The van der Waals surface area contributed by atoms with Crippen LogP contribution in [0.25, 0.3) is 11.0 Å². The molecule has 1 aliphatic carbocycles. The number of carbonyl (C=O) groups is 1. The molecule has 1 amide bonds. The van der Waals surface area contributed by atoms with Gasteiger partial charge in [0.15, 0.2) is 0 Å². The third-order valence-electron chi connectivity index (χ3n) is 8.78. The van der Waals surface area contributed by atoms with Crippen LogP contribution in [0.5, 0.6) is 0 Å². The monoisotopic (exact) mass is 517 g/mol. The summed E-state index contributed by atoms with van der Waals surface area (Å²) >= 11 is 0. The highest BCUT2D eigenvalue weighted by Gasteiger charge is 2.26. The Labute approximate surface area is 224 Å². The number of aromatic nitrogens is 2. The Bertz CT molecular complexity index is 1190. The van der Waals surface area contributed by atoms with E-state index in [0.717, 1.165) is 43.2 Å². The van der Waals surface area contributed by atoms with Crippen LogP contribution in [-0.4, -0.2) is 72.8 Å². The van der Waals surface area contributed by atoms with E-state index in [2.05, 4.69) is 43.3 Å². The zero-order chi connectivity index (χ0) is 25.7. The van der Waals surface area contributed by atoms with Crippen molar-refractivity contribution in [3.8, 4) is 0 Å². The molecule has 0 radical (unpaired) electrons. The number of rotatable bonds is 7. The van der Waals surface area contributed by atoms with Gasteiger partial charge < -0.3 is 24.3 Å². The highest BCUT2D eigenvalue weighted by molar-refractivity contribution is 5.92. The summed E-state index contributed by atoms with van der Waals surface area (Å²) < 4.78 is 11.2. The first-order valence-corrected chi connectivity index (χ1v) is 14.4. The average Bonchev–Trinajstić information content (AvgIpc) is 3.42. The first kappa shape index (κ1) is 25.3. The van der Waals surface area contributed by atoms with Crippen molar-refractivity contribution >= 4 is 22.7 Å². The third kappa shape index (κ3) is 5.86. The van der Waals surface area contributed by atoms with E-state index in [1.807, 2.05) is 12.3 Å². The van der Waals surface area contributed by atoms with Crippen LogP contribution >= 0.6 is 0 Å². The predicted molar refractivity (Wildman–Crippen MR) is 148 cm³/mol. The molecule has 38 heavy (non-hydrogen) atoms. The Morgan fingerprint density at radius 3 is 2.50 bits per heavy atom. The van der Waals surface area contributed by atoms with Crippen LogP contribution in [0.2, 0.25) is 0 Å². The standard InChI is InChI=1S/C30H39N5O3/c36-30(27-19-32-29(20-31-27)35-15-17-37-18-16-35)33-24-7-5-22(6-8-24)9-12-34-13-10-23(11-14-34)26-21-38-28-4-2-1-3-25(26)28/h1-4,19-24H,5-18H2,(H,33,36). The van der Waals surface area contributed by atoms with Gasteiger partial charge in [0.2, 0.25) is 0 Å². The number of para-hydroxylation sites is 1. The Morgan fingerprint density at radius 2 is 1.74 bits per heavy atom. The number of benzene rings is 1. The number of ether oxygens (including phenoxy) is 1. The largest absolute Gasteiger partial charge is 0.464 e. The van der Waals surface area contributed by atoms with E-state index in [4.69, 9.17) is 9.15 Å². The number of furan rings is 1. The lowest BCUT2D eigenvalue weighted by atomic mass is 9.83. The molecule has 8 nitrogen and oxygen atoms in total. The summed E-state index contributed by atoms with van der Waals surface area (Å²) in [4.78, 5) is 26.4. The molecule has 0 spiro atoms. The zero-order valence-electron chi connectivity index (χ0n) is 22.2. The van der Waals surface area contributed by atoms with Crippen molar-refractivity contribution in [2.24, 2.45) is 5.92 Å². The molecule has 0 unspecified atom stereocenters. The van der Waals surface area contributed by atoms with Crippen molar-refractivity contribution in [3.63, 3.8) is 0 Å². The number of hydrogen-bond acceptors (Lipinski definition) is 7. The molecule has 2 aliphatic heterocycles. The fraction of sp³-hybridized carbons (Fsp3) is 0.567. The van der Waals surface area contributed by atoms with Gasteiger partial charge in [-0.1, -0.05) is 18.2 Å². The number of morpholine rings is 1. The molecule has 8 heteroatoms. The minimum Gasteiger partial charge on any atom is -0.464 e. The second-order valence-corrected chi connectivity index (χ2v) is 11.1. The molecule has 1 aromatic carbocycles. The summed E-state index contributed by atoms with van der Waals surface area (Å²) in [5.41, 5.74) is 2.79. The quantitative estimate of drug-likeness (QED) is 0.490. The zero-order valence-corrected chi connectivity index (χ0v) is 22.2. The Kier molecular flexibility index (Phi) is 7.88. The smallest absolute Gasteiger partial charge is 0.271 e. The van der Waals surface area contributed by atoms with Gasteiger partial charge in [-0.3, -0.25) is 4.79 Å². The van der Waals surface area contributed by atoms with Crippen LogP contribution in [0.1, 0.15) is 66.9 Å². The highest BCUT2D eigenvalue weighted by atomic mass is 16.5. The molecule has 0 atom stereocenters. The molecule has 4 heterocycles. The predicted octanol–water partition coefficient (Wildman–Crippen LogP) is 4.62. The number of carbonyl (C=O) groups excluding carboxylic acids is 1. The molecular formula is C30H39N5O3. The summed E-state index contributed by atoms with van der Waals surface area (Å²) in [5, 5.41) is 4.48. The van der Waals surface area contributed by atoms with Crippen molar-refractivity contribution in [1.29, 1.82) is 0 Å². The second kappa shape index (κ2) is 11.8. The van der Waals surface area contributed by atoms with E-state index in [9.17, 15) is 4.79 Å². The van der Waals surface area contributed by atoms with Crippen molar-refractivity contribution in [2.75, 3.05) is 50.8 Å². The molecule has 1 N–H and O–H groups in total. The normalized spacial score (nSPS) is 23.5. The number of fused-ring (bicyclic) bond motifs is 1. The van der Waals surface area contributed by atoms with Gasteiger partial charge in [0.05, 0.1) is 31.9 Å². The van der Waals surface area contributed by atoms with E-state index in [1.54, 1.807) is 12.4 Å². The molecule has 2 saturated heterocycles. The van der Waals surface area contributed by atoms with Crippen molar-refractivity contribution < 1.29 is 13.9 Å². The van der Waals surface area contributed by atoms with E-state index in [1.165, 1.54) is 62.7 Å². The highest BCUT2D eigenvalue weighted by Crippen LogP contribution is 2.35. The van der Waals surface area contributed by atoms with Gasteiger partial charge >= 0.3 is 0 Å². The summed E-state index contributed by atoms with van der Waals surface area (Å²) in [6, 6.07) is 8.63. The summed E-state index contributed by atoms with van der Waals surface area (Å²) in [6.07, 6.45) is 13.4. The average molecular weight is 518 g/mol. The molecule has 3 fully saturated rings. The minimum atomic E-state index is -0.109. The number of amides is 1. The third-order valence-corrected chi connectivity index (χ3v) is 8.78. The Hall–Kier alpha value is -2.97. The SMILES string of the molecule is O=C(NC1CCC(CCN2CCC(c3coc4ccccc34)CC2)CC1)c1cnc(N2CCOCC2)cn1. The van der Waals surface area contributed by atoms with E-state index in [-0.39, 0.29) is 11.9 Å². The molecule has 202 valence electrons. The minimum absolute atomic E-state index is 0.109. The lowest BCUT2D eigenvalue weighted by molar-refractivity contribution is 0.0913. The van der Waals surface area contributed by atoms with E-state index >= 15 is 0 Å². The molecule has 3 aromatic rings. The maximum Gasteiger partial charge on any atom is 0.271 e. The van der Waals surface area contributed by atoms with Gasteiger partial charge in [0.25, 0.3) is 5.91 Å². The van der Waals surface area contributed by atoms with Crippen LogP contribution in [0.15, 0.2) is 47.3 Å². The molecular weight excluding hydrogens is 478 g/mol. The first-order chi connectivity index (χ1) is 18.7. The number of nitrogens with zero attached hydrogens (tertiary/aromatic N) is 4. The number of anilines is 1. The van der Waals surface area contributed by atoms with Gasteiger partial charge in [-0.25, -0.2) is 9.97 Å².